The number of halogens is 1. The van der Waals surface area contributed by atoms with E-state index in [2.05, 4.69) is 58.7 Å². The van der Waals surface area contributed by atoms with Gasteiger partial charge in [0.1, 0.15) is 5.82 Å². The largest absolute Gasteiger partial charge is 0.397 e. The number of nitrogens with two attached hydrogens (primary N) is 1. The van der Waals surface area contributed by atoms with E-state index in [1.54, 1.807) is 40.3 Å². The first-order valence-corrected chi connectivity index (χ1v) is 20.8. The Kier molecular flexibility index (Phi) is 13.0. The lowest BCUT2D eigenvalue weighted by Gasteiger charge is -2.45. The molecule has 2 aromatic heterocycles. The third-order valence-electron chi connectivity index (χ3n) is 11.8. The van der Waals surface area contributed by atoms with Crippen molar-refractivity contribution in [3.05, 3.63) is 123 Å². The fourth-order valence-corrected chi connectivity index (χ4v) is 8.47. The molecule has 0 bridgehead atoms. The highest BCUT2D eigenvalue weighted by atomic mass is 19.1. The Morgan fingerprint density at radius 3 is 2.37 bits per heavy atom. The average molecular weight is 816 g/mol. The van der Waals surface area contributed by atoms with E-state index in [1.165, 1.54) is 11.6 Å². The molecule has 2 saturated heterocycles. The van der Waals surface area contributed by atoms with Crippen LogP contribution >= 0.6 is 0 Å². The SMILES string of the molecule is CCc1cccc(-c2cnc(C(=O)N3CCC(CNCCNCC(=O)N4CCN(C(=O)c5cc(Cc6n[nH]c(=O)c7ccccc67)ccc5F)CC4)CC3(C)C)c(N)c2)c1. The van der Waals surface area contributed by atoms with Crippen molar-refractivity contribution in [2.24, 2.45) is 5.92 Å². The summed E-state index contributed by atoms with van der Waals surface area (Å²) in [7, 11) is 0. The fraction of sp³-hybridized carbons (Fsp3) is 0.391. The molecule has 0 spiro atoms. The van der Waals surface area contributed by atoms with Gasteiger partial charge in [0.15, 0.2) is 5.69 Å². The molecule has 5 N–H and O–H groups in total. The number of piperidine rings is 1. The van der Waals surface area contributed by atoms with Gasteiger partial charge in [-0.05, 0) is 86.5 Å². The Labute approximate surface area is 349 Å². The number of piperazine rings is 1. The van der Waals surface area contributed by atoms with Gasteiger partial charge in [0.25, 0.3) is 17.4 Å². The molecule has 7 rings (SSSR count). The molecule has 0 saturated carbocycles. The van der Waals surface area contributed by atoms with E-state index in [1.807, 2.05) is 35.2 Å². The number of aromatic nitrogens is 3. The Balaban J connectivity index is 0.813. The zero-order valence-electron chi connectivity index (χ0n) is 34.6. The maximum absolute atomic E-state index is 15.0. The first-order valence-electron chi connectivity index (χ1n) is 20.8. The van der Waals surface area contributed by atoms with Gasteiger partial charge in [0, 0.05) is 74.9 Å². The van der Waals surface area contributed by atoms with Gasteiger partial charge in [-0.25, -0.2) is 14.5 Å². The Morgan fingerprint density at radius 2 is 1.62 bits per heavy atom. The number of rotatable bonds is 13. The molecule has 0 radical (unpaired) electrons. The van der Waals surface area contributed by atoms with Gasteiger partial charge < -0.3 is 31.1 Å². The molecule has 0 aliphatic carbocycles. The molecule has 14 heteroatoms. The van der Waals surface area contributed by atoms with Crippen LogP contribution in [-0.4, -0.2) is 112 Å². The summed E-state index contributed by atoms with van der Waals surface area (Å²) in [6.07, 6.45) is 4.66. The number of benzene rings is 3. The van der Waals surface area contributed by atoms with Crippen LogP contribution in [0.5, 0.6) is 0 Å². The number of nitrogen functional groups attached to an aromatic ring is 1. The number of aromatic amines is 1. The standard InChI is InChI=1S/C46H54FN9O4/c1-4-30-8-7-9-33(22-30)34-25-39(48)42(51-28-34)45(60)56-17-14-32(26-46(56,2)3)27-49-15-16-50-29-41(57)54-18-20-55(21-19-54)44(59)37-23-31(12-13-38(37)47)24-40-35-10-5-6-11-36(35)43(58)53-52-40/h5-13,22-23,25,28,32,49-50H,4,14-21,24,26-27,29,48H2,1-3H3,(H,53,58). The van der Waals surface area contributed by atoms with E-state index in [4.69, 9.17) is 5.73 Å². The predicted octanol–water partition coefficient (Wildman–Crippen LogP) is 4.65. The van der Waals surface area contributed by atoms with Crippen LogP contribution in [-0.2, 0) is 17.6 Å². The van der Waals surface area contributed by atoms with Crippen LogP contribution < -0.4 is 21.9 Å². The molecular weight excluding hydrogens is 762 g/mol. The van der Waals surface area contributed by atoms with Crippen molar-refractivity contribution < 1.29 is 18.8 Å². The molecule has 60 heavy (non-hydrogen) atoms. The second-order valence-corrected chi connectivity index (χ2v) is 16.4. The number of amides is 3. The normalized spacial score (nSPS) is 16.6. The van der Waals surface area contributed by atoms with Crippen LogP contribution in [0.15, 0.2) is 83.8 Å². The van der Waals surface area contributed by atoms with E-state index in [-0.39, 0.29) is 40.7 Å². The highest BCUT2D eigenvalue weighted by molar-refractivity contribution is 5.98. The summed E-state index contributed by atoms with van der Waals surface area (Å²) in [6.45, 7) is 10.5. The molecule has 1 unspecified atom stereocenters. The number of nitrogens with one attached hydrogen (secondary N) is 3. The topological polar surface area (TPSA) is 170 Å². The number of likely N-dealkylation sites (tertiary alicyclic amines) is 1. The summed E-state index contributed by atoms with van der Waals surface area (Å²) < 4.78 is 15.0. The van der Waals surface area contributed by atoms with Crippen molar-refractivity contribution >= 4 is 34.2 Å². The van der Waals surface area contributed by atoms with Gasteiger partial charge in [0.2, 0.25) is 5.91 Å². The highest BCUT2D eigenvalue weighted by Crippen LogP contribution is 2.34. The van der Waals surface area contributed by atoms with Gasteiger partial charge >= 0.3 is 0 Å². The lowest BCUT2D eigenvalue weighted by atomic mass is 9.82. The molecule has 2 aliphatic rings. The minimum Gasteiger partial charge on any atom is -0.397 e. The van der Waals surface area contributed by atoms with Crippen LogP contribution in [0.4, 0.5) is 10.1 Å². The molecular formula is C46H54FN9O4. The van der Waals surface area contributed by atoms with Gasteiger partial charge in [-0.3, -0.25) is 19.2 Å². The van der Waals surface area contributed by atoms with Gasteiger partial charge in [0.05, 0.1) is 28.9 Å². The van der Waals surface area contributed by atoms with E-state index >= 15 is 0 Å². The number of hydrogen-bond acceptors (Lipinski definition) is 9. The molecule has 2 fully saturated rings. The zero-order chi connectivity index (χ0) is 42.4. The monoisotopic (exact) mass is 815 g/mol. The highest BCUT2D eigenvalue weighted by Gasteiger charge is 2.39. The second kappa shape index (κ2) is 18.5. The number of anilines is 1. The van der Waals surface area contributed by atoms with E-state index in [0.717, 1.165) is 36.9 Å². The fourth-order valence-electron chi connectivity index (χ4n) is 8.47. The van der Waals surface area contributed by atoms with Crippen LogP contribution in [0.25, 0.3) is 21.9 Å². The molecule has 2 aliphatic heterocycles. The van der Waals surface area contributed by atoms with Crippen molar-refractivity contribution in [2.75, 3.05) is 64.6 Å². The Bertz CT molecular complexity index is 2430. The van der Waals surface area contributed by atoms with E-state index < -0.39 is 11.7 Å². The van der Waals surface area contributed by atoms with Crippen molar-refractivity contribution in [1.82, 2.24) is 40.5 Å². The number of pyridine rings is 1. The van der Waals surface area contributed by atoms with Gasteiger partial charge in [-0.15, -0.1) is 0 Å². The number of carbonyl (C=O) groups excluding carboxylic acids is 3. The second-order valence-electron chi connectivity index (χ2n) is 16.4. The number of hydrogen-bond donors (Lipinski definition) is 4. The number of fused-ring (bicyclic) bond motifs is 1. The summed E-state index contributed by atoms with van der Waals surface area (Å²) >= 11 is 0. The maximum Gasteiger partial charge on any atom is 0.275 e. The summed E-state index contributed by atoms with van der Waals surface area (Å²) in [4.78, 5) is 62.1. The quantitative estimate of drug-likeness (QED) is 0.124. The smallest absolute Gasteiger partial charge is 0.275 e. The number of nitrogens with zero attached hydrogens (tertiary/aromatic N) is 5. The van der Waals surface area contributed by atoms with Gasteiger partial charge in [-0.2, -0.15) is 5.10 Å². The molecule has 3 aromatic carbocycles. The zero-order valence-corrected chi connectivity index (χ0v) is 34.6. The molecule has 1 atom stereocenters. The molecule has 13 nitrogen and oxygen atoms in total. The van der Waals surface area contributed by atoms with Crippen LogP contribution in [0.1, 0.15) is 71.3 Å². The average Bonchev–Trinajstić information content (AvgIpc) is 3.25. The summed E-state index contributed by atoms with van der Waals surface area (Å²) in [5.74, 6) is -0.854. The van der Waals surface area contributed by atoms with Gasteiger partial charge in [-0.1, -0.05) is 55.5 Å². The van der Waals surface area contributed by atoms with Crippen molar-refractivity contribution in [2.45, 2.75) is 52.0 Å². The van der Waals surface area contributed by atoms with Crippen molar-refractivity contribution in [3.63, 3.8) is 0 Å². The molecule has 314 valence electrons. The maximum atomic E-state index is 15.0. The molecule has 3 amide bonds. The van der Waals surface area contributed by atoms with E-state index in [0.29, 0.717) is 85.9 Å². The Hall–Kier alpha value is -5.99. The number of aryl methyl sites for hydroxylation is 1. The first kappa shape index (κ1) is 42.1. The lowest BCUT2D eigenvalue weighted by Crippen LogP contribution is -2.54. The van der Waals surface area contributed by atoms with Crippen molar-refractivity contribution in [3.8, 4) is 11.1 Å². The molecule has 5 aromatic rings. The minimum atomic E-state index is -0.613. The Morgan fingerprint density at radius 1 is 0.867 bits per heavy atom. The summed E-state index contributed by atoms with van der Waals surface area (Å²) in [5.41, 5.74) is 10.8. The van der Waals surface area contributed by atoms with Crippen LogP contribution in [0.2, 0.25) is 0 Å². The van der Waals surface area contributed by atoms with Crippen molar-refractivity contribution in [1.29, 1.82) is 0 Å². The summed E-state index contributed by atoms with van der Waals surface area (Å²) in [5, 5.41) is 14.7. The number of carbonyl (C=O) groups is 3. The van der Waals surface area contributed by atoms with Crippen LogP contribution in [0, 0.1) is 11.7 Å². The summed E-state index contributed by atoms with van der Waals surface area (Å²) in [6, 6.07) is 21.7. The predicted molar refractivity (Wildman–Crippen MR) is 231 cm³/mol. The van der Waals surface area contributed by atoms with E-state index in [9.17, 15) is 23.6 Å². The lowest BCUT2D eigenvalue weighted by molar-refractivity contribution is -0.131. The minimum absolute atomic E-state index is 0.0318. The third-order valence-corrected chi connectivity index (χ3v) is 11.8. The molecule has 4 heterocycles. The number of H-pyrrole nitrogens is 1. The van der Waals surface area contributed by atoms with Crippen LogP contribution in [0.3, 0.4) is 0 Å². The third kappa shape index (κ3) is 9.55. The first-order chi connectivity index (χ1) is 28.9.